The lowest BCUT2D eigenvalue weighted by molar-refractivity contribution is 0.208. The average molecular weight is 416 g/mol. The summed E-state index contributed by atoms with van der Waals surface area (Å²) in [5.74, 6) is 0.969. The number of piperidine rings is 1. The molecule has 0 aliphatic carbocycles. The highest BCUT2D eigenvalue weighted by molar-refractivity contribution is 9.10. The number of nitrogens with one attached hydrogen (secondary N) is 1. The highest BCUT2D eigenvalue weighted by Crippen LogP contribution is 2.29. The summed E-state index contributed by atoms with van der Waals surface area (Å²) in [5.41, 5.74) is 0.613. The molecule has 3 rings (SSSR count). The minimum absolute atomic E-state index is 0.0409. The van der Waals surface area contributed by atoms with E-state index in [4.69, 9.17) is 11.6 Å². The standard InChI is InChI=1S/C16H17BrClFN4O/c17-12-7-20-16(21-11-3-4-14(19)13(18)6-11)22-15(12)23-5-1-2-10(8-23)9-24/h3-4,6-7,10,24H,1-2,5,8-9H2,(H,20,21,22). The quantitative estimate of drug-likeness (QED) is 0.791. The van der Waals surface area contributed by atoms with Crippen molar-refractivity contribution in [2.24, 2.45) is 5.92 Å². The van der Waals surface area contributed by atoms with Gasteiger partial charge in [0.15, 0.2) is 0 Å². The molecule has 0 radical (unpaired) electrons. The third kappa shape index (κ3) is 3.96. The van der Waals surface area contributed by atoms with Gasteiger partial charge in [-0.1, -0.05) is 11.6 Å². The van der Waals surface area contributed by atoms with Crippen LogP contribution in [0.4, 0.5) is 21.8 Å². The normalized spacial score (nSPS) is 17.8. The molecule has 0 spiro atoms. The zero-order chi connectivity index (χ0) is 17.1. The van der Waals surface area contributed by atoms with Gasteiger partial charge in [-0.25, -0.2) is 9.37 Å². The first-order valence-electron chi connectivity index (χ1n) is 7.67. The third-order valence-electron chi connectivity index (χ3n) is 3.98. The van der Waals surface area contributed by atoms with Gasteiger partial charge in [-0.05, 0) is 52.9 Å². The topological polar surface area (TPSA) is 61.3 Å². The Morgan fingerprint density at radius 3 is 3.04 bits per heavy atom. The summed E-state index contributed by atoms with van der Waals surface area (Å²) in [6.45, 7) is 1.82. The van der Waals surface area contributed by atoms with E-state index >= 15 is 0 Å². The molecule has 8 heteroatoms. The Bertz CT molecular complexity index is 733. The van der Waals surface area contributed by atoms with Crippen LogP contribution in [0.5, 0.6) is 0 Å². The molecule has 0 bridgehead atoms. The molecule has 0 amide bonds. The van der Waals surface area contributed by atoms with Crippen molar-refractivity contribution < 1.29 is 9.50 Å². The largest absolute Gasteiger partial charge is 0.396 e. The van der Waals surface area contributed by atoms with E-state index in [1.807, 2.05) is 0 Å². The van der Waals surface area contributed by atoms with Crippen LogP contribution in [0.1, 0.15) is 12.8 Å². The summed E-state index contributed by atoms with van der Waals surface area (Å²) in [7, 11) is 0. The van der Waals surface area contributed by atoms with Gasteiger partial charge in [0.1, 0.15) is 11.6 Å². The van der Waals surface area contributed by atoms with Gasteiger partial charge in [0, 0.05) is 31.6 Å². The average Bonchev–Trinajstić information content (AvgIpc) is 2.60. The number of rotatable bonds is 4. The predicted octanol–water partition coefficient (Wildman–Crippen LogP) is 3.98. The zero-order valence-electron chi connectivity index (χ0n) is 12.8. The number of aliphatic hydroxyl groups excluding tert-OH is 1. The van der Waals surface area contributed by atoms with Crippen LogP contribution in [0.15, 0.2) is 28.9 Å². The van der Waals surface area contributed by atoms with E-state index in [1.54, 1.807) is 12.3 Å². The molecule has 2 N–H and O–H groups in total. The summed E-state index contributed by atoms with van der Waals surface area (Å²) < 4.78 is 14.0. The Morgan fingerprint density at radius 2 is 2.29 bits per heavy atom. The summed E-state index contributed by atoms with van der Waals surface area (Å²) in [6, 6.07) is 4.36. The molecule has 24 heavy (non-hydrogen) atoms. The summed E-state index contributed by atoms with van der Waals surface area (Å²) in [6.07, 6.45) is 3.71. The van der Waals surface area contributed by atoms with Crippen molar-refractivity contribution in [3.63, 3.8) is 0 Å². The first-order chi connectivity index (χ1) is 11.6. The van der Waals surface area contributed by atoms with Crippen LogP contribution in [0.3, 0.4) is 0 Å². The van der Waals surface area contributed by atoms with Crippen molar-refractivity contribution in [3.05, 3.63) is 39.7 Å². The van der Waals surface area contributed by atoms with Gasteiger partial charge in [0.25, 0.3) is 0 Å². The number of aliphatic hydroxyl groups is 1. The van der Waals surface area contributed by atoms with Gasteiger partial charge < -0.3 is 15.3 Å². The minimum atomic E-state index is -0.469. The van der Waals surface area contributed by atoms with E-state index in [2.05, 4.69) is 36.1 Å². The van der Waals surface area contributed by atoms with Crippen molar-refractivity contribution in [2.75, 3.05) is 29.9 Å². The van der Waals surface area contributed by atoms with Gasteiger partial charge in [0.2, 0.25) is 5.95 Å². The summed E-state index contributed by atoms with van der Waals surface area (Å²) >= 11 is 9.28. The fourth-order valence-electron chi connectivity index (χ4n) is 2.75. The molecule has 1 aromatic carbocycles. The molecular formula is C16H17BrClFN4O. The van der Waals surface area contributed by atoms with Crippen LogP contribution >= 0.6 is 27.5 Å². The Kier molecular flexibility index (Phi) is 5.53. The van der Waals surface area contributed by atoms with E-state index in [0.29, 0.717) is 11.6 Å². The van der Waals surface area contributed by atoms with Gasteiger partial charge in [0.05, 0.1) is 9.50 Å². The van der Waals surface area contributed by atoms with Crippen molar-refractivity contribution in [1.82, 2.24) is 9.97 Å². The maximum atomic E-state index is 13.2. The van der Waals surface area contributed by atoms with Crippen LogP contribution in [-0.2, 0) is 0 Å². The van der Waals surface area contributed by atoms with E-state index in [9.17, 15) is 9.50 Å². The lowest BCUT2D eigenvalue weighted by Gasteiger charge is -2.33. The molecule has 1 fully saturated rings. The maximum Gasteiger partial charge on any atom is 0.229 e. The Balaban J connectivity index is 1.81. The highest BCUT2D eigenvalue weighted by atomic mass is 79.9. The minimum Gasteiger partial charge on any atom is -0.396 e. The van der Waals surface area contributed by atoms with E-state index in [0.717, 1.165) is 36.2 Å². The Morgan fingerprint density at radius 1 is 1.46 bits per heavy atom. The second kappa shape index (κ2) is 7.63. The molecule has 1 aliphatic rings. The molecule has 1 aromatic heterocycles. The lowest BCUT2D eigenvalue weighted by Crippen LogP contribution is -2.37. The molecular weight excluding hydrogens is 399 g/mol. The number of halogens is 3. The Hall–Kier alpha value is -1.44. The van der Waals surface area contributed by atoms with Crippen LogP contribution in [-0.4, -0.2) is 34.8 Å². The van der Waals surface area contributed by atoms with Gasteiger partial charge in [-0.2, -0.15) is 4.98 Å². The van der Waals surface area contributed by atoms with Crippen LogP contribution in [0.2, 0.25) is 5.02 Å². The molecule has 1 atom stereocenters. The van der Waals surface area contributed by atoms with E-state index < -0.39 is 5.82 Å². The van der Waals surface area contributed by atoms with Crippen molar-refractivity contribution in [1.29, 1.82) is 0 Å². The third-order valence-corrected chi connectivity index (χ3v) is 4.83. The number of hydrogen-bond acceptors (Lipinski definition) is 5. The number of nitrogens with zero attached hydrogens (tertiary/aromatic N) is 3. The SMILES string of the molecule is OCC1CCCN(c2nc(Nc3ccc(F)c(Cl)c3)ncc2Br)C1. The van der Waals surface area contributed by atoms with Crippen molar-refractivity contribution >= 4 is 45.0 Å². The fraction of sp³-hybridized carbons (Fsp3) is 0.375. The second-order valence-corrected chi connectivity index (χ2v) is 7.02. The molecule has 1 aliphatic heterocycles. The van der Waals surface area contributed by atoms with Gasteiger partial charge in [-0.3, -0.25) is 0 Å². The van der Waals surface area contributed by atoms with E-state index in [1.165, 1.54) is 12.1 Å². The summed E-state index contributed by atoms with van der Waals surface area (Å²) in [5, 5.41) is 12.5. The zero-order valence-corrected chi connectivity index (χ0v) is 15.2. The van der Waals surface area contributed by atoms with Gasteiger partial charge >= 0.3 is 0 Å². The molecule has 128 valence electrons. The molecule has 2 heterocycles. The monoisotopic (exact) mass is 414 g/mol. The number of hydrogen-bond donors (Lipinski definition) is 2. The molecule has 1 unspecified atom stereocenters. The Labute approximate surface area is 153 Å². The van der Waals surface area contributed by atoms with Crippen LogP contribution in [0.25, 0.3) is 0 Å². The maximum absolute atomic E-state index is 13.2. The smallest absolute Gasteiger partial charge is 0.229 e. The first-order valence-corrected chi connectivity index (χ1v) is 8.84. The van der Waals surface area contributed by atoms with Crippen molar-refractivity contribution in [2.45, 2.75) is 12.8 Å². The first kappa shape index (κ1) is 17.4. The van der Waals surface area contributed by atoms with Crippen LogP contribution < -0.4 is 10.2 Å². The molecule has 1 saturated heterocycles. The number of anilines is 3. The highest BCUT2D eigenvalue weighted by Gasteiger charge is 2.22. The second-order valence-electron chi connectivity index (χ2n) is 5.76. The number of aromatic nitrogens is 2. The number of benzene rings is 1. The summed E-state index contributed by atoms with van der Waals surface area (Å²) in [4.78, 5) is 10.9. The lowest BCUT2D eigenvalue weighted by atomic mass is 9.99. The predicted molar refractivity (Wildman–Crippen MR) is 96.4 cm³/mol. The molecule has 5 nitrogen and oxygen atoms in total. The van der Waals surface area contributed by atoms with Crippen LogP contribution in [0, 0.1) is 11.7 Å². The molecule has 2 aromatic rings. The van der Waals surface area contributed by atoms with Gasteiger partial charge in [-0.15, -0.1) is 0 Å². The van der Waals surface area contributed by atoms with E-state index in [-0.39, 0.29) is 17.5 Å². The molecule has 0 saturated carbocycles. The fourth-order valence-corrected chi connectivity index (χ4v) is 3.37. The van der Waals surface area contributed by atoms with Crippen molar-refractivity contribution in [3.8, 4) is 0 Å².